The van der Waals surface area contributed by atoms with Crippen LogP contribution in [0.2, 0.25) is 0 Å². The SMILES string of the molecule is CC(=O)/C=C(\C)[O-].CC(=O)/C=C(\C)[O-].CC(=O)/C=C(\C)[O-].[Tb+3]. The Morgan fingerprint density at radius 1 is 0.545 bits per heavy atom. The maximum Gasteiger partial charge on any atom is 3.00 e. The fraction of sp³-hybridized carbons (Fsp3) is 0.400. The predicted octanol–water partition coefficient (Wildman–Crippen LogP) is -0.481. The zero-order valence-corrected chi connectivity index (χ0v) is 15.7. The van der Waals surface area contributed by atoms with Crippen LogP contribution in [0.15, 0.2) is 35.5 Å². The van der Waals surface area contributed by atoms with Gasteiger partial charge in [-0.3, -0.25) is 14.4 Å². The second-order valence-electron chi connectivity index (χ2n) is 4.10. The maximum atomic E-state index is 9.98. The van der Waals surface area contributed by atoms with Crippen LogP contribution in [-0.4, -0.2) is 17.3 Å². The van der Waals surface area contributed by atoms with Gasteiger partial charge < -0.3 is 15.3 Å². The maximum absolute atomic E-state index is 9.98. The molecule has 0 aliphatic carbocycles. The topological polar surface area (TPSA) is 120 Å². The van der Waals surface area contributed by atoms with Crippen molar-refractivity contribution in [2.24, 2.45) is 0 Å². The average Bonchev–Trinajstić information content (AvgIpc) is 2.10. The third-order valence-corrected chi connectivity index (χ3v) is 1.22. The second-order valence-corrected chi connectivity index (χ2v) is 4.10. The van der Waals surface area contributed by atoms with Gasteiger partial charge in [0.2, 0.25) is 0 Å². The summed E-state index contributed by atoms with van der Waals surface area (Å²) in [5.74, 6) is -1.12. The van der Waals surface area contributed by atoms with Gasteiger partial charge in [-0.1, -0.05) is 20.8 Å². The quantitative estimate of drug-likeness (QED) is 0.418. The van der Waals surface area contributed by atoms with Crippen molar-refractivity contribution in [3.63, 3.8) is 0 Å². The van der Waals surface area contributed by atoms with Crippen LogP contribution < -0.4 is 15.3 Å². The molecule has 0 aromatic carbocycles. The molecule has 0 aliphatic heterocycles. The zero-order chi connectivity index (χ0) is 17.6. The Hall–Kier alpha value is -1.08. The van der Waals surface area contributed by atoms with E-state index in [2.05, 4.69) is 0 Å². The number of hydrogen-bond acceptors (Lipinski definition) is 6. The number of carbonyl (C=O) groups excluding carboxylic acids is 3. The van der Waals surface area contributed by atoms with E-state index in [-0.39, 0.29) is 73.2 Å². The van der Waals surface area contributed by atoms with Crippen LogP contribution in [0.3, 0.4) is 0 Å². The monoisotopic (exact) mass is 456 g/mol. The first kappa shape index (κ1) is 29.0. The van der Waals surface area contributed by atoms with Crippen LogP contribution in [0.25, 0.3) is 0 Å². The first-order valence-corrected chi connectivity index (χ1v) is 5.96. The summed E-state index contributed by atoms with van der Waals surface area (Å²) in [5.41, 5.74) is 0. The number of hydrogen-bond donors (Lipinski definition) is 0. The van der Waals surface area contributed by atoms with Crippen LogP contribution in [0.1, 0.15) is 41.5 Å². The molecular formula is C15H21O6Tb. The minimum absolute atomic E-state index is 0. The van der Waals surface area contributed by atoms with E-state index in [0.717, 1.165) is 18.2 Å². The number of ketones is 3. The molecular weight excluding hydrogens is 435 g/mol. The van der Waals surface area contributed by atoms with Crippen molar-refractivity contribution < 1.29 is 68.3 Å². The zero-order valence-electron chi connectivity index (χ0n) is 13.5. The van der Waals surface area contributed by atoms with E-state index < -0.39 is 0 Å². The molecule has 0 amide bonds. The van der Waals surface area contributed by atoms with E-state index in [0.29, 0.717) is 0 Å². The molecule has 0 atom stereocenters. The number of rotatable bonds is 3. The number of allylic oxidation sites excluding steroid dienone is 6. The smallest absolute Gasteiger partial charge is 0.876 e. The Morgan fingerprint density at radius 2 is 0.682 bits per heavy atom. The molecule has 0 N–H and O–H groups in total. The van der Waals surface area contributed by atoms with Crippen molar-refractivity contribution in [3.8, 4) is 0 Å². The molecule has 0 unspecified atom stereocenters. The van der Waals surface area contributed by atoms with Crippen molar-refractivity contribution in [2.75, 3.05) is 0 Å². The third-order valence-electron chi connectivity index (χ3n) is 1.22. The first-order valence-electron chi connectivity index (χ1n) is 5.96. The summed E-state index contributed by atoms with van der Waals surface area (Å²) < 4.78 is 0. The van der Waals surface area contributed by atoms with Gasteiger partial charge in [0.05, 0.1) is 0 Å². The molecule has 0 aromatic rings. The average molecular weight is 456 g/mol. The summed E-state index contributed by atoms with van der Waals surface area (Å²) in [4.78, 5) is 29.9. The van der Waals surface area contributed by atoms with Gasteiger partial charge in [-0.05, 0) is 39.0 Å². The molecule has 126 valence electrons. The summed E-state index contributed by atoms with van der Waals surface area (Å²) >= 11 is 0. The van der Waals surface area contributed by atoms with Gasteiger partial charge in [-0.25, -0.2) is 0 Å². The van der Waals surface area contributed by atoms with Crippen molar-refractivity contribution >= 4 is 17.3 Å². The fourth-order valence-electron chi connectivity index (χ4n) is 0.859. The van der Waals surface area contributed by atoms with E-state index in [1.54, 1.807) is 0 Å². The summed E-state index contributed by atoms with van der Waals surface area (Å²) in [6.45, 7) is 8.09. The van der Waals surface area contributed by atoms with Crippen LogP contribution in [-0.2, 0) is 14.4 Å². The molecule has 0 rings (SSSR count). The van der Waals surface area contributed by atoms with Gasteiger partial charge in [-0.15, -0.1) is 17.3 Å². The van der Waals surface area contributed by atoms with Crippen molar-refractivity contribution in [1.82, 2.24) is 0 Å². The summed E-state index contributed by atoms with van der Waals surface area (Å²) in [7, 11) is 0. The Kier molecular flexibility index (Phi) is 23.7. The molecule has 0 radical (unpaired) electrons. The standard InChI is InChI=1S/3C5H8O2.Tb/c3*1-4(6)3-5(2)7;/h3*3,6H,1-2H3;/q;;;+3/p-3/b3*4-3+;. The molecule has 22 heavy (non-hydrogen) atoms. The molecule has 0 aliphatic rings. The molecule has 0 saturated heterocycles. The van der Waals surface area contributed by atoms with Crippen molar-refractivity contribution in [1.29, 1.82) is 0 Å². The Balaban J connectivity index is -0.000000108. The van der Waals surface area contributed by atoms with Gasteiger partial charge in [0, 0.05) is 0 Å². The van der Waals surface area contributed by atoms with E-state index in [4.69, 9.17) is 0 Å². The first-order chi connectivity index (χ1) is 9.38. The molecule has 6 nitrogen and oxygen atoms in total. The Morgan fingerprint density at radius 3 is 0.682 bits per heavy atom. The molecule has 0 saturated carbocycles. The summed E-state index contributed by atoms with van der Waals surface area (Å²) in [6.07, 6.45) is 3.17. The van der Waals surface area contributed by atoms with E-state index in [1.165, 1.54) is 41.5 Å². The van der Waals surface area contributed by atoms with Gasteiger partial charge in [0.25, 0.3) is 0 Å². The van der Waals surface area contributed by atoms with Crippen LogP contribution >= 0.6 is 0 Å². The van der Waals surface area contributed by atoms with Gasteiger partial charge in [-0.2, -0.15) is 0 Å². The van der Waals surface area contributed by atoms with Gasteiger partial charge in [0.15, 0.2) is 17.3 Å². The van der Waals surface area contributed by atoms with Crippen LogP contribution in [0.4, 0.5) is 0 Å². The summed E-state index contributed by atoms with van der Waals surface area (Å²) in [5, 5.41) is 29.9. The van der Waals surface area contributed by atoms with Gasteiger partial charge in [0.1, 0.15) is 0 Å². The number of carbonyl (C=O) groups is 3. The fourth-order valence-corrected chi connectivity index (χ4v) is 0.859. The Labute approximate surface area is 162 Å². The molecule has 0 heterocycles. The largest absolute Gasteiger partial charge is 3.00 e. The van der Waals surface area contributed by atoms with E-state index >= 15 is 0 Å². The van der Waals surface area contributed by atoms with Crippen LogP contribution in [0.5, 0.6) is 0 Å². The minimum atomic E-state index is -0.187. The molecule has 0 aromatic heterocycles. The molecule has 0 spiro atoms. The summed E-state index contributed by atoms with van der Waals surface area (Å²) in [6, 6.07) is 0. The molecule has 0 bridgehead atoms. The second kappa shape index (κ2) is 18.0. The minimum Gasteiger partial charge on any atom is -0.876 e. The van der Waals surface area contributed by atoms with Crippen LogP contribution in [0, 0.1) is 38.6 Å². The molecule has 0 fully saturated rings. The predicted molar refractivity (Wildman–Crippen MR) is 73.3 cm³/mol. The Bertz CT molecular complexity index is 368. The normalized spacial score (nSPS) is 10.9. The van der Waals surface area contributed by atoms with Gasteiger partial charge >= 0.3 is 38.6 Å². The van der Waals surface area contributed by atoms with Crippen molar-refractivity contribution in [3.05, 3.63) is 35.5 Å². The van der Waals surface area contributed by atoms with Crippen molar-refractivity contribution in [2.45, 2.75) is 41.5 Å². The molecule has 7 heteroatoms. The van der Waals surface area contributed by atoms with E-state index in [1.807, 2.05) is 0 Å². The third kappa shape index (κ3) is 51.0. The van der Waals surface area contributed by atoms with E-state index in [9.17, 15) is 29.7 Å².